The molecule has 1 aromatic carbocycles. The fourth-order valence-electron chi connectivity index (χ4n) is 2.17. The highest BCUT2D eigenvalue weighted by Gasteiger charge is 2.14. The third-order valence-corrected chi connectivity index (χ3v) is 3.67. The lowest BCUT2D eigenvalue weighted by Crippen LogP contribution is -2.27. The number of benzene rings is 1. The first-order valence-corrected chi connectivity index (χ1v) is 7.67. The van der Waals surface area contributed by atoms with Gasteiger partial charge in [0.15, 0.2) is 0 Å². The van der Waals surface area contributed by atoms with E-state index in [-0.39, 0.29) is 18.6 Å². The summed E-state index contributed by atoms with van der Waals surface area (Å²) in [6, 6.07) is 11.2. The largest absolute Gasteiger partial charge is 0.394 e. The molecule has 0 spiro atoms. The second-order valence-electron chi connectivity index (χ2n) is 5.47. The molecule has 2 N–H and O–H groups in total. The van der Waals surface area contributed by atoms with Crippen LogP contribution in [0.3, 0.4) is 0 Å². The van der Waals surface area contributed by atoms with Crippen molar-refractivity contribution in [3.63, 3.8) is 0 Å². The Hall–Kier alpha value is -2.11. The molecule has 0 saturated carbocycles. The number of pyridine rings is 1. The first kappa shape index (κ1) is 17.2. The van der Waals surface area contributed by atoms with Crippen molar-refractivity contribution in [3.8, 4) is 0 Å². The molecule has 0 saturated heterocycles. The van der Waals surface area contributed by atoms with Crippen molar-refractivity contribution in [2.45, 2.75) is 12.5 Å². The van der Waals surface area contributed by atoms with Crippen LogP contribution >= 0.6 is 11.6 Å². The van der Waals surface area contributed by atoms with Crippen molar-refractivity contribution in [3.05, 3.63) is 58.7 Å². The van der Waals surface area contributed by atoms with Crippen LogP contribution < -0.4 is 5.32 Å². The van der Waals surface area contributed by atoms with Gasteiger partial charge in [0.05, 0.1) is 23.2 Å². The molecule has 1 heterocycles. The van der Waals surface area contributed by atoms with Gasteiger partial charge in [0.25, 0.3) is 5.91 Å². The van der Waals surface area contributed by atoms with E-state index in [9.17, 15) is 9.90 Å². The molecule has 2 rings (SSSR count). The molecule has 23 heavy (non-hydrogen) atoms. The molecule has 0 radical (unpaired) electrons. The number of rotatable bonds is 6. The Morgan fingerprint density at radius 3 is 2.61 bits per heavy atom. The molecule has 5 nitrogen and oxygen atoms in total. The van der Waals surface area contributed by atoms with Crippen LogP contribution in [-0.4, -0.2) is 47.6 Å². The molecule has 1 amide bonds. The van der Waals surface area contributed by atoms with Crippen molar-refractivity contribution < 1.29 is 9.90 Å². The van der Waals surface area contributed by atoms with E-state index in [1.807, 2.05) is 30.3 Å². The average molecular weight is 334 g/mol. The molecule has 0 aliphatic heterocycles. The van der Waals surface area contributed by atoms with Gasteiger partial charge in [-0.2, -0.15) is 0 Å². The summed E-state index contributed by atoms with van der Waals surface area (Å²) in [7, 11) is 3.34. The molecule has 6 heteroatoms. The normalized spacial score (nSPS) is 11.8. The molecular weight excluding hydrogens is 314 g/mol. The van der Waals surface area contributed by atoms with Crippen molar-refractivity contribution >= 4 is 23.3 Å². The Morgan fingerprint density at radius 1 is 1.35 bits per heavy atom. The maximum absolute atomic E-state index is 11.9. The highest BCUT2D eigenvalue weighted by molar-refractivity contribution is 6.33. The van der Waals surface area contributed by atoms with E-state index in [2.05, 4.69) is 10.3 Å². The number of nitrogens with one attached hydrogen (secondary N) is 1. The summed E-state index contributed by atoms with van der Waals surface area (Å²) in [5, 5.41) is 13.0. The van der Waals surface area contributed by atoms with Crippen LogP contribution in [0.2, 0.25) is 5.02 Å². The van der Waals surface area contributed by atoms with E-state index >= 15 is 0 Å². The molecule has 1 aromatic heterocycles. The number of carbonyl (C=O) groups is 1. The molecule has 0 fully saturated rings. The van der Waals surface area contributed by atoms with Gasteiger partial charge in [-0.25, -0.2) is 4.98 Å². The molecule has 0 bridgehead atoms. The van der Waals surface area contributed by atoms with Gasteiger partial charge in [-0.1, -0.05) is 41.9 Å². The first-order chi connectivity index (χ1) is 11.0. The molecule has 0 unspecified atom stereocenters. The SMILES string of the molecule is CN(C)C(=O)c1cnc(N[C@@H](CO)Cc2ccccc2)c(Cl)c1. The second kappa shape index (κ2) is 7.94. The summed E-state index contributed by atoms with van der Waals surface area (Å²) in [5.41, 5.74) is 1.53. The van der Waals surface area contributed by atoms with Crippen LogP contribution in [0.5, 0.6) is 0 Å². The van der Waals surface area contributed by atoms with Gasteiger partial charge >= 0.3 is 0 Å². The summed E-state index contributed by atoms with van der Waals surface area (Å²) in [4.78, 5) is 17.6. The Morgan fingerprint density at radius 2 is 2.04 bits per heavy atom. The van der Waals surface area contributed by atoms with Crippen molar-refractivity contribution in [1.82, 2.24) is 9.88 Å². The molecular formula is C17H20ClN3O2. The number of halogens is 1. The van der Waals surface area contributed by atoms with Crippen molar-refractivity contribution in [2.24, 2.45) is 0 Å². The Bertz CT molecular complexity index is 662. The fourth-order valence-corrected chi connectivity index (χ4v) is 2.39. The summed E-state index contributed by atoms with van der Waals surface area (Å²) in [6.45, 7) is -0.0503. The molecule has 1 atom stereocenters. The third-order valence-electron chi connectivity index (χ3n) is 3.38. The van der Waals surface area contributed by atoms with Gasteiger partial charge in [-0.15, -0.1) is 0 Å². The Kier molecular flexibility index (Phi) is 5.96. The van der Waals surface area contributed by atoms with E-state index in [1.165, 1.54) is 11.1 Å². The van der Waals surface area contributed by atoms with Gasteiger partial charge in [0, 0.05) is 20.3 Å². The van der Waals surface area contributed by atoms with E-state index < -0.39 is 0 Å². The van der Waals surface area contributed by atoms with E-state index in [4.69, 9.17) is 11.6 Å². The third kappa shape index (κ3) is 4.68. The zero-order valence-corrected chi connectivity index (χ0v) is 13.9. The summed E-state index contributed by atoms with van der Waals surface area (Å²) in [5.74, 6) is 0.297. The van der Waals surface area contributed by atoms with Gasteiger partial charge in [-0.05, 0) is 18.1 Å². The minimum Gasteiger partial charge on any atom is -0.394 e. The molecule has 0 aliphatic carbocycles. The number of hydrogen-bond acceptors (Lipinski definition) is 4. The lowest BCUT2D eigenvalue weighted by atomic mass is 10.1. The number of amides is 1. The number of nitrogens with zero attached hydrogens (tertiary/aromatic N) is 2. The van der Waals surface area contributed by atoms with E-state index in [1.54, 1.807) is 20.2 Å². The highest BCUT2D eigenvalue weighted by Crippen LogP contribution is 2.22. The second-order valence-corrected chi connectivity index (χ2v) is 5.87. The lowest BCUT2D eigenvalue weighted by molar-refractivity contribution is 0.0827. The number of anilines is 1. The zero-order valence-electron chi connectivity index (χ0n) is 13.2. The van der Waals surface area contributed by atoms with Crippen molar-refractivity contribution in [2.75, 3.05) is 26.0 Å². The minimum absolute atomic E-state index is 0.0503. The summed E-state index contributed by atoms with van der Waals surface area (Å²) >= 11 is 6.20. The number of aliphatic hydroxyl groups is 1. The fraction of sp³-hybridized carbons (Fsp3) is 0.294. The van der Waals surface area contributed by atoms with Crippen LogP contribution in [0.1, 0.15) is 15.9 Å². The molecule has 122 valence electrons. The topological polar surface area (TPSA) is 65.5 Å². The Balaban J connectivity index is 2.10. The first-order valence-electron chi connectivity index (χ1n) is 7.29. The van der Waals surface area contributed by atoms with Crippen LogP contribution in [0.15, 0.2) is 42.6 Å². The lowest BCUT2D eigenvalue weighted by Gasteiger charge is -2.18. The summed E-state index contributed by atoms with van der Waals surface area (Å²) in [6.07, 6.45) is 2.13. The summed E-state index contributed by atoms with van der Waals surface area (Å²) < 4.78 is 0. The average Bonchev–Trinajstić information content (AvgIpc) is 2.56. The van der Waals surface area contributed by atoms with Gasteiger partial charge in [0.2, 0.25) is 0 Å². The highest BCUT2D eigenvalue weighted by atomic mass is 35.5. The zero-order chi connectivity index (χ0) is 16.8. The quantitative estimate of drug-likeness (QED) is 0.852. The number of carbonyl (C=O) groups excluding carboxylic acids is 1. The predicted octanol–water partition coefficient (Wildman–Crippen LogP) is 2.45. The van der Waals surface area contributed by atoms with Crippen LogP contribution in [-0.2, 0) is 6.42 Å². The van der Waals surface area contributed by atoms with Crippen LogP contribution in [0.4, 0.5) is 5.82 Å². The number of hydrogen-bond donors (Lipinski definition) is 2. The molecule has 2 aromatic rings. The van der Waals surface area contributed by atoms with Gasteiger partial charge in [0.1, 0.15) is 5.82 Å². The van der Waals surface area contributed by atoms with Crippen molar-refractivity contribution in [1.29, 1.82) is 0 Å². The Labute approximate surface area is 140 Å². The van der Waals surface area contributed by atoms with Gasteiger partial charge in [-0.3, -0.25) is 4.79 Å². The van der Waals surface area contributed by atoms with E-state index in [0.29, 0.717) is 22.8 Å². The van der Waals surface area contributed by atoms with E-state index in [0.717, 1.165) is 5.56 Å². The maximum atomic E-state index is 11.9. The smallest absolute Gasteiger partial charge is 0.254 e. The number of aliphatic hydroxyl groups excluding tert-OH is 1. The monoisotopic (exact) mass is 333 g/mol. The standard InChI is InChI=1S/C17H20ClN3O2/c1-21(2)17(23)13-9-15(18)16(19-10-13)20-14(11-22)8-12-6-4-3-5-7-12/h3-7,9-10,14,22H,8,11H2,1-2H3,(H,19,20)/t14-/m1/s1. The maximum Gasteiger partial charge on any atom is 0.254 e. The van der Waals surface area contributed by atoms with Gasteiger partial charge < -0.3 is 15.3 Å². The predicted molar refractivity (Wildman–Crippen MR) is 91.9 cm³/mol. The number of aromatic nitrogens is 1. The minimum atomic E-state index is -0.210. The van der Waals surface area contributed by atoms with Crippen LogP contribution in [0.25, 0.3) is 0 Å². The van der Waals surface area contributed by atoms with Crippen LogP contribution in [0, 0.1) is 0 Å². The molecule has 0 aliphatic rings.